The second-order valence-electron chi connectivity index (χ2n) is 3.72. The van der Waals surface area contributed by atoms with E-state index in [0.29, 0.717) is 5.56 Å². The van der Waals surface area contributed by atoms with Gasteiger partial charge < -0.3 is 10.9 Å². The summed E-state index contributed by atoms with van der Waals surface area (Å²) in [6.45, 7) is 0. The Hall–Kier alpha value is -1.77. The van der Waals surface area contributed by atoms with E-state index in [2.05, 4.69) is 9.88 Å². The van der Waals surface area contributed by atoms with Gasteiger partial charge >= 0.3 is 0 Å². The molecule has 0 atom stereocenters. The summed E-state index contributed by atoms with van der Waals surface area (Å²) in [6.07, 6.45) is 0. The molecular formula is C11H10ClN3O3S2. The third kappa shape index (κ3) is 3.03. The Kier molecular flexibility index (Phi) is 4.17. The van der Waals surface area contributed by atoms with Crippen molar-refractivity contribution in [1.82, 2.24) is 0 Å². The molecule has 0 fully saturated rings. The molecule has 1 heterocycles. The number of nitrogens with zero attached hydrogens (tertiary/aromatic N) is 1. The van der Waals surface area contributed by atoms with Crippen LogP contribution >= 0.6 is 22.9 Å². The SMILES string of the molecule is N/C(=N/O)c1ccc(Cl)c(NS(=O)(=O)c2cccs2)c1. The van der Waals surface area contributed by atoms with E-state index in [9.17, 15) is 8.42 Å². The Morgan fingerprint density at radius 1 is 1.40 bits per heavy atom. The molecule has 0 radical (unpaired) electrons. The van der Waals surface area contributed by atoms with E-state index in [1.807, 2.05) is 0 Å². The average Bonchev–Trinajstić information content (AvgIpc) is 2.95. The van der Waals surface area contributed by atoms with Gasteiger partial charge in [-0.2, -0.15) is 0 Å². The topological polar surface area (TPSA) is 105 Å². The summed E-state index contributed by atoms with van der Waals surface area (Å²) in [7, 11) is -3.70. The average molecular weight is 332 g/mol. The summed E-state index contributed by atoms with van der Waals surface area (Å²) in [5.74, 6) is -0.141. The van der Waals surface area contributed by atoms with Gasteiger partial charge in [0, 0.05) is 5.56 Å². The molecule has 1 aromatic carbocycles. The zero-order chi connectivity index (χ0) is 14.8. The molecule has 0 saturated heterocycles. The van der Waals surface area contributed by atoms with E-state index >= 15 is 0 Å². The number of hydrogen-bond donors (Lipinski definition) is 3. The standard InChI is InChI=1S/C11H10ClN3O3S2/c12-8-4-3-7(11(13)14-16)6-9(8)15-20(17,18)10-2-1-5-19-10/h1-6,15-16H,(H2,13,14). The van der Waals surface area contributed by atoms with Crippen LogP contribution in [0.1, 0.15) is 5.56 Å². The van der Waals surface area contributed by atoms with E-state index in [0.717, 1.165) is 11.3 Å². The molecule has 0 aliphatic carbocycles. The number of nitrogens with one attached hydrogen (secondary N) is 1. The molecule has 9 heteroatoms. The van der Waals surface area contributed by atoms with Gasteiger partial charge in [0.05, 0.1) is 10.7 Å². The molecule has 20 heavy (non-hydrogen) atoms. The first kappa shape index (κ1) is 14.6. The van der Waals surface area contributed by atoms with Gasteiger partial charge in [0.1, 0.15) is 4.21 Å². The molecule has 106 valence electrons. The Morgan fingerprint density at radius 2 is 2.15 bits per heavy atom. The minimum absolute atomic E-state index is 0.141. The molecule has 0 unspecified atom stereocenters. The molecule has 0 amide bonds. The van der Waals surface area contributed by atoms with Crippen LogP contribution in [0.2, 0.25) is 5.02 Å². The Labute approximate surface area is 124 Å². The number of benzene rings is 1. The molecule has 0 aliphatic heterocycles. The number of oxime groups is 1. The summed E-state index contributed by atoms with van der Waals surface area (Å²) in [5, 5.41) is 13.3. The van der Waals surface area contributed by atoms with Crippen LogP contribution < -0.4 is 10.5 Å². The largest absolute Gasteiger partial charge is 0.409 e. The van der Waals surface area contributed by atoms with Gasteiger partial charge in [-0.25, -0.2) is 8.42 Å². The zero-order valence-corrected chi connectivity index (χ0v) is 12.3. The number of halogens is 1. The van der Waals surface area contributed by atoms with Crippen LogP contribution in [-0.2, 0) is 10.0 Å². The predicted molar refractivity (Wildman–Crippen MR) is 79.1 cm³/mol. The first-order valence-corrected chi connectivity index (χ1v) is 8.02. The monoisotopic (exact) mass is 331 g/mol. The normalized spacial score (nSPS) is 12.3. The first-order chi connectivity index (χ1) is 9.44. The summed E-state index contributed by atoms with van der Waals surface area (Å²) in [4.78, 5) is 0. The molecule has 0 bridgehead atoms. The molecule has 0 spiro atoms. The van der Waals surface area contributed by atoms with Gasteiger partial charge in [-0.3, -0.25) is 4.72 Å². The Balaban J connectivity index is 2.39. The number of amidine groups is 1. The summed E-state index contributed by atoms with van der Waals surface area (Å²) >= 11 is 7.03. The number of nitrogens with two attached hydrogens (primary N) is 1. The molecule has 0 saturated carbocycles. The summed E-state index contributed by atoms with van der Waals surface area (Å²) in [5.41, 5.74) is 5.96. The third-order valence-corrected chi connectivity index (χ3v) is 5.47. The highest BCUT2D eigenvalue weighted by molar-refractivity contribution is 7.94. The highest BCUT2D eigenvalue weighted by Gasteiger charge is 2.17. The van der Waals surface area contributed by atoms with Crippen molar-refractivity contribution < 1.29 is 13.6 Å². The van der Waals surface area contributed by atoms with E-state index in [-0.39, 0.29) is 20.8 Å². The number of anilines is 1. The van der Waals surface area contributed by atoms with Gasteiger partial charge in [-0.05, 0) is 29.6 Å². The van der Waals surface area contributed by atoms with E-state index in [1.54, 1.807) is 11.4 Å². The number of rotatable bonds is 4. The van der Waals surface area contributed by atoms with E-state index < -0.39 is 10.0 Å². The fourth-order valence-corrected chi connectivity index (χ4v) is 3.72. The maximum absolute atomic E-state index is 12.1. The lowest BCUT2D eigenvalue weighted by Crippen LogP contribution is -2.15. The van der Waals surface area contributed by atoms with Gasteiger partial charge in [0.15, 0.2) is 5.84 Å². The fraction of sp³-hybridized carbons (Fsp3) is 0. The highest BCUT2D eigenvalue weighted by Crippen LogP contribution is 2.27. The van der Waals surface area contributed by atoms with Crippen LogP contribution in [0, 0.1) is 0 Å². The molecule has 0 aliphatic rings. The van der Waals surface area contributed by atoms with Crippen molar-refractivity contribution in [3.05, 3.63) is 46.3 Å². The number of thiophene rings is 1. The quantitative estimate of drug-likeness (QED) is 0.346. The fourth-order valence-electron chi connectivity index (χ4n) is 1.43. The van der Waals surface area contributed by atoms with Gasteiger partial charge in [-0.1, -0.05) is 22.8 Å². The maximum Gasteiger partial charge on any atom is 0.271 e. The Bertz CT molecular complexity index is 742. The zero-order valence-electron chi connectivity index (χ0n) is 9.95. The Morgan fingerprint density at radius 3 is 2.75 bits per heavy atom. The molecule has 4 N–H and O–H groups in total. The van der Waals surface area contributed by atoms with E-state index in [1.165, 1.54) is 24.3 Å². The summed E-state index contributed by atoms with van der Waals surface area (Å²) < 4.78 is 26.7. The second-order valence-corrected chi connectivity index (χ2v) is 6.98. The van der Waals surface area contributed by atoms with Crippen molar-refractivity contribution in [2.24, 2.45) is 10.9 Å². The van der Waals surface area contributed by atoms with Crippen molar-refractivity contribution in [3.63, 3.8) is 0 Å². The number of sulfonamides is 1. The highest BCUT2D eigenvalue weighted by atomic mass is 35.5. The molecular weight excluding hydrogens is 322 g/mol. The first-order valence-electron chi connectivity index (χ1n) is 5.28. The minimum atomic E-state index is -3.70. The van der Waals surface area contributed by atoms with Crippen molar-refractivity contribution in [3.8, 4) is 0 Å². The van der Waals surface area contributed by atoms with Crippen molar-refractivity contribution >= 4 is 44.5 Å². The molecule has 6 nitrogen and oxygen atoms in total. The van der Waals surface area contributed by atoms with Crippen molar-refractivity contribution in [2.45, 2.75) is 4.21 Å². The second kappa shape index (κ2) is 5.70. The lowest BCUT2D eigenvalue weighted by molar-refractivity contribution is 0.318. The van der Waals surface area contributed by atoms with Crippen LogP contribution in [0.3, 0.4) is 0 Å². The van der Waals surface area contributed by atoms with Crippen molar-refractivity contribution in [1.29, 1.82) is 0 Å². The van der Waals surface area contributed by atoms with Gasteiger partial charge in [0.2, 0.25) is 0 Å². The predicted octanol–water partition coefficient (Wildman–Crippen LogP) is 2.30. The lowest BCUT2D eigenvalue weighted by atomic mass is 10.2. The molecule has 1 aromatic heterocycles. The molecule has 2 aromatic rings. The summed E-state index contributed by atoms with van der Waals surface area (Å²) in [6, 6.07) is 7.48. The molecule has 2 rings (SSSR count). The minimum Gasteiger partial charge on any atom is -0.409 e. The maximum atomic E-state index is 12.1. The van der Waals surface area contributed by atoms with Crippen molar-refractivity contribution in [2.75, 3.05) is 4.72 Å². The van der Waals surface area contributed by atoms with Crippen LogP contribution in [0.5, 0.6) is 0 Å². The number of hydrogen-bond acceptors (Lipinski definition) is 5. The third-order valence-electron chi connectivity index (χ3n) is 2.37. The van der Waals surface area contributed by atoms with Crippen LogP contribution in [0.4, 0.5) is 5.69 Å². The van der Waals surface area contributed by atoms with Crippen LogP contribution in [0.25, 0.3) is 0 Å². The van der Waals surface area contributed by atoms with Crippen LogP contribution in [-0.4, -0.2) is 19.5 Å². The van der Waals surface area contributed by atoms with E-state index in [4.69, 9.17) is 22.5 Å². The van der Waals surface area contributed by atoms with Gasteiger partial charge in [0.25, 0.3) is 10.0 Å². The smallest absolute Gasteiger partial charge is 0.271 e. The lowest BCUT2D eigenvalue weighted by Gasteiger charge is -2.09. The van der Waals surface area contributed by atoms with Crippen LogP contribution in [0.15, 0.2) is 45.1 Å². The van der Waals surface area contributed by atoms with Gasteiger partial charge in [-0.15, -0.1) is 11.3 Å².